The molecule has 0 bridgehead atoms. The number of rotatable bonds is 7. The van der Waals surface area contributed by atoms with E-state index in [2.05, 4.69) is 0 Å². The maximum absolute atomic E-state index is 11.8. The van der Waals surface area contributed by atoms with Gasteiger partial charge >= 0.3 is 0 Å². The molecule has 4 aromatic carbocycles. The molecule has 4 rings (SSSR count). The Balaban J connectivity index is 1.60. The molecule has 4 aromatic rings. The van der Waals surface area contributed by atoms with Gasteiger partial charge in [-0.2, -0.15) is 10.5 Å². The first-order chi connectivity index (χ1) is 16.6. The van der Waals surface area contributed by atoms with Gasteiger partial charge in [0.2, 0.25) is 0 Å². The van der Waals surface area contributed by atoms with Crippen molar-refractivity contribution in [3.05, 3.63) is 107 Å². The molecule has 0 fully saturated rings. The van der Waals surface area contributed by atoms with Gasteiger partial charge in [0, 0.05) is 11.1 Å². The fraction of sp³-hybridized carbons (Fsp3) is 0. The standard InChI is InChI=1S/C28H16N2O4/c29-15-19-1-5-23(6-2-19)33-25-9-11-27(21(13-25)17-31)28-12-10-26(14-22(28)18-32)34-24-7-3-20(16-30)4-8-24/h1-14,17-18H. The molecule has 0 saturated carbocycles. The van der Waals surface area contributed by atoms with Crippen LogP contribution in [0.2, 0.25) is 0 Å². The van der Waals surface area contributed by atoms with Crippen LogP contribution in [0.3, 0.4) is 0 Å². The van der Waals surface area contributed by atoms with E-state index >= 15 is 0 Å². The van der Waals surface area contributed by atoms with E-state index in [0.717, 1.165) is 0 Å². The summed E-state index contributed by atoms with van der Waals surface area (Å²) in [6, 6.07) is 27.4. The van der Waals surface area contributed by atoms with Crippen molar-refractivity contribution in [2.24, 2.45) is 0 Å². The maximum Gasteiger partial charge on any atom is 0.150 e. The van der Waals surface area contributed by atoms with E-state index < -0.39 is 0 Å². The Morgan fingerprint density at radius 3 is 1.21 bits per heavy atom. The van der Waals surface area contributed by atoms with Gasteiger partial charge in [-0.15, -0.1) is 0 Å². The van der Waals surface area contributed by atoms with E-state index in [1.54, 1.807) is 84.9 Å². The molecule has 6 heteroatoms. The number of benzene rings is 4. The average Bonchev–Trinajstić information content (AvgIpc) is 2.89. The van der Waals surface area contributed by atoms with Crippen molar-refractivity contribution in [2.45, 2.75) is 0 Å². The zero-order valence-electron chi connectivity index (χ0n) is 17.8. The first-order valence-corrected chi connectivity index (χ1v) is 10.2. The number of nitrogens with zero attached hydrogens (tertiary/aromatic N) is 2. The minimum absolute atomic E-state index is 0.356. The summed E-state index contributed by atoms with van der Waals surface area (Å²) >= 11 is 0. The summed E-state index contributed by atoms with van der Waals surface area (Å²) in [6.45, 7) is 0. The highest BCUT2D eigenvalue weighted by Crippen LogP contribution is 2.33. The van der Waals surface area contributed by atoms with E-state index in [4.69, 9.17) is 20.0 Å². The summed E-state index contributed by atoms with van der Waals surface area (Å²) in [5, 5.41) is 17.8. The Kier molecular flexibility index (Phi) is 6.44. The van der Waals surface area contributed by atoms with Gasteiger partial charge in [-0.3, -0.25) is 9.59 Å². The quantitative estimate of drug-likeness (QED) is 0.310. The van der Waals surface area contributed by atoms with Crippen LogP contribution >= 0.6 is 0 Å². The number of carbonyl (C=O) groups excluding carboxylic acids is 2. The first-order valence-electron chi connectivity index (χ1n) is 10.2. The second kappa shape index (κ2) is 9.95. The molecule has 0 aliphatic heterocycles. The van der Waals surface area contributed by atoms with Crippen LogP contribution in [-0.4, -0.2) is 12.6 Å². The smallest absolute Gasteiger partial charge is 0.150 e. The Morgan fingerprint density at radius 2 is 0.882 bits per heavy atom. The average molecular weight is 444 g/mol. The van der Waals surface area contributed by atoms with Crippen molar-refractivity contribution in [1.29, 1.82) is 10.5 Å². The van der Waals surface area contributed by atoms with Gasteiger partial charge in [-0.1, -0.05) is 0 Å². The molecule has 0 saturated heterocycles. The van der Waals surface area contributed by atoms with Crippen molar-refractivity contribution in [2.75, 3.05) is 0 Å². The van der Waals surface area contributed by atoms with Crippen molar-refractivity contribution in [3.63, 3.8) is 0 Å². The minimum Gasteiger partial charge on any atom is -0.457 e. The molecule has 0 aliphatic carbocycles. The zero-order valence-corrected chi connectivity index (χ0v) is 17.8. The van der Waals surface area contributed by atoms with Crippen LogP contribution in [-0.2, 0) is 0 Å². The molecule has 0 heterocycles. The summed E-state index contributed by atoms with van der Waals surface area (Å²) in [4.78, 5) is 23.6. The molecule has 0 atom stereocenters. The second-order valence-electron chi connectivity index (χ2n) is 7.21. The van der Waals surface area contributed by atoms with Gasteiger partial charge in [0.1, 0.15) is 23.0 Å². The third-order valence-corrected chi connectivity index (χ3v) is 5.03. The first kappa shape index (κ1) is 22.0. The lowest BCUT2D eigenvalue weighted by molar-refractivity contribution is 0.111. The van der Waals surface area contributed by atoms with Gasteiger partial charge < -0.3 is 9.47 Å². The molecule has 6 nitrogen and oxygen atoms in total. The number of aldehydes is 2. The summed E-state index contributed by atoms with van der Waals surface area (Å²) < 4.78 is 11.6. The maximum atomic E-state index is 11.8. The molecular formula is C28H16N2O4. The minimum atomic E-state index is 0.356. The van der Waals surface area contributed by atoms with Crippen LogP contribution in [0.4, 0.5) is 0 Å². The highest BCUT2D eigenvalue weighted by atomic mass is 16.5. The lowest BCUT2D eigenvalue weighted by atomic mass is 9.96. The van der Waals surface area contributed by atoms with E-state index in [-0.39, 0.29) is 0 Å². The van der Waals surface area contributed by atoms with Gasteiger partial charge in [0.15, 0.2) is 12.6 Å². The van der Waals surface area contributed by atoms with Gasteiger partial charge in [0.25, 0.3) is 0 Å². The molecule has 34 heavy (non-hydrogen) atoms. The largest absolute Gasteiger partial charge is 0.457 e. The molecule has 0 spiro atoms. The SMILES string of the molecule is N#Cc1ccc(Oc2ccc(-c3ccc(Oc4ccc(C#N)cc4)cc3C=O)c(C=O)c2)cc1. The Hall–Kier alpha value is -5.20. The summed E-state index contributed by atoms with van der Waals surface area (Å²) in [6.07, 6.45) is 1.41. The van der Waals surface area contributed by atoms with Crippen LogP contribution < -0.4 is 9.47 Å². The fourth-order valence-corrected chi connectivity index (χ4v) is 3.36. The Bertz CT molecular complexity index is 1330. The number of ether oxygens (including phenoxy) is 2. The number of nitriles is 2. The predicted molar refractivity (Wildman–Crippen MR) is 125 cm³/mol. The third kappa shape index (κ3) is 4.83. The van der Waals surface area contributed by atoms with Gasteiger partial charge in [0.05, 0.1) is 23.3 Å². The highest BCUT2D eigenvalue weighted by molar-refractivity contribution is 5.95. The Morgan fingerprint density at radius 1 is 0.529 bits per heavy atom. The van der Waals surface area contributed by atoms with Crippen LogP contribution in [0.5, 0.6) is 23.0 Å². The molecule has 0 aliphatic rings. The van der Waals surface area contributed by atoms with Crippen molar-refractivity contribution in [1.82, 2.24) is 0 Å². The summed E-state index contributed by atoms with van der Waals surface area (Å²) in [5.41, 5.74) is 2.90. The highest BCUT2D eigenvalue weighted by Gasteiger charge is 2.13. The Labute approximate surface area is 195 Å². The number of carbonyl (C=O) groups is 2. The molecule has 0 aromatic heterocycles. The van der Waals surface area contributed by atoms with Crippen LogP contribution in [0.25, 0.3) is 11.1 Å². The summed E-state index contributed by atoms with van der Waals surface area (Å²) in [7, 11) is 0. The van der Waals surface area contributed by atoms with E-state index in [9.17, 15) is 9.59 Å². The van der Waals surface area contributed by atoms with Crippen molar-refractivity contribution < 1.29 is 19.1 Å². The second-order valence-corrected chi connectivity index (χ2v) is 7.21. The van der Waals surface area contributed by atoms with E-state index in [0.29, 0.717) is 69.0 Å². The number of hydrogen-bond donors (Lipinski definition) is 0. The van der Waals surface area contributed by atoms with Gasteiger partial charge in [-0.05, 0) is 96.1 Å². The molecule has 0 amide bonds. The topological polar surface area (TPSA) is 100 Å². The third-order valence-electron chi connectivity index (χ3n) is 5.03. The lowest BCUT2D eigenvalue weighted by Crippen LogP contribution is -1.95. The zero-order chi connectivity index (χ0) is 23.9. The van der Waals surface area contributed by atoms with Crippen molar-refractivity contribution >= 4 is 12.6 Å². The number of hydrogen-bond acceptors (Lipinski definition) is 6. The van der Waals surface area contributed by atoms with Crippen LogP contribution in [0.1, 0.15) is 31.8 Å². The van der Waals surface area contributed by atoms with E-state index in [1.165, 1.54) is 0 Å². The van der Waals surface area contributed by atoms with Gasteiger partial charge in [-0.25, -0.2) is 0 Å². The molecule has 0 radical (unpaired) electrons. The predicted octanol–water partition coefficient (Wildman–Crippen LogP) is 6.31. The molecular weight excluding hydrogens is 428 g/mol. The fourth-order valence-electron chi connectivity index (χ4n) is 3.36. The monoisotopic (exact) mass is 444 g/mol. The van der Waals surface area contributed by atoms with E-state index in [1.807, 2.05) is 12.1 Å². The molecule has 0 N–H and O–H groups in total. The molecule has 162 valence electrons. The van der Waals surface area contributed by atoms with Crippen LogP contribution in [0.15, 0.2) is 84.9 Å². The lowest BCUT2D eigenvalue weighted by Gasteiger charge is -2.13. The van der Waals surface area contributed by atoms with Crippen molar-refractivity contribution in [3.8, 4) is 46.3 Å². The van der Waals surface area contributed by atoms with Crippen LogP contribution in [0, 0.1) is 22.7 Å². The summed E-state index contributed by atoms with van der Waals surface area (Å²) in [5.74, 6) is 1.95. The molecule has 0 unspecified atom stereocenters. The normalized spacial score (nSPS) is 9.94.